The van der Waals surface area contributed by atoms with Gasteiger partial charge in [-0.3, -0.25) is 19.4 Å². The predicted molar refractivity (Wildman–Crippen MR) is 108 cm³/mol. The molecule has 7 nitrogen and oxygen atoms in total. The highest BCUT2D eigenvalue weighted by molar-refractivity contribution is 8.00. The highest BCUT2D eigenvalue weighted by Gasteiger charge is 2.56. The molecule has 0 spiro atoms. The first-order valence-corrected chi connectivity index (χ1v) is 9.87. The molecule has 2 atom stereocenters. The van der Waals surface area contributed by atoms with E-state index < -0.39 is 23.3 Å². The number of fused-ring (bicyclic) bond motifs is 2. The number of hydrogen-bond acceptors (Lipinski definition) is 5. The molecule has 1 fully saturated rings. The molecule has 2 aromatic carbocycles. The second-order valence-electron chi connectivity index (χ2n) is 6.79. The first-order chi connectivity index (χ1) is 13.4. The van der Waals surface area contributed by atoms with Gasteiger partial charge in [-0.1, -0.05) is 30.3 Å². The summed E-state index contributed by atoms with van der Waals surface area (Å²) in [6.45, 7) is 1.47. The molecule has 2 aliphatic heterocycles. The summed E-state index contributed by atoms with van der Waals surface area (Å²) in [6.07, 6.45) is 0. The summed E-state index contributed by atoms with van der Waals surface area (Å²) < 4.78 is 0. The number of hydrogen-bond donors (Lipinski definition) is 2. The number of carboxylic acid groups (broad SMARTS) is 1. The van der Waals surface area contributed by atoms with Gasteiger partial charge in [-0.05, 0) is 35.4 Å². The highest BCUT2D eigenvalue weighted by atomic mass is 32.2. The van der Waals surface area contributed by atoms with Crippen LogP contribution >= 0.6 is 11.8 Å². The quantitative estimate of drug-likeness (QED) is 0.762. The van der Waals surface area contributed by atoms with Crippen molar-refractivity contribution in [2.24, 2.45) is 5.73 Å². The fourth-order valence-electron chi connectivity index (χ4n) is 3.74. The summed E-state index contributed by atoms with van der Waals surface area (Å²) >= 11 is 1.46. The zero-order valence-electron chi connectivity index (χ0n) is 15.2. The molecular formula is C20H19N3O4S. The monoisotopic (exact) mass is 397 g/mol. The number of amides is 2. The Hall–Kier alpha value is -2.84. The molecule has 3 N–H and O–H groups in total. The van der Waals surface area contributed by atoms with Crippen molar-refractivity contribution >= 4 is 46.0 Å². The lowest BCUT2D eigenvalue weighted by atomic mass is 9.99. The van der Waals surface area contributed by atoms with Crippen LogP contribution in [0.3, 0.4) is 0 Å². The summed E-state index contributed by atoms with van der Waals surface area (Å²) in [4.78, 5) is 39.9. The number of nitrogens with two attached hydrogens (primary N) is 1. The smallest absolute Gasteiger partial charge is 0.352 e. The Labute approximate surface area is 165 Å². The first kappa shape index (κ1) is 18.5. The van der Waals surface area contributed by atoms with Crippen LogP contribution in [0.2, 0.25) is 0 Å². The van der Waals surface area contributed by atoms with Gasteiger partial charge in [0.25, 0.3) is 5.91 Å². The van der Waals surface area contributed by atoms with E-state index in [-0.39, 0.29) is 18.1 Å². The molecule has 0 bridgehead atoms. The minimum Gasteiger partial charge on any atom is -0.477 e. The second kappa shape index (κ2) is 6.96. The van der Waals surface area contributed by atoms with E-state index in [2.05, 4.69) is 0 Å². The molecular weight excluding hydrogens is 378 g/mol. The molecule has 144 valence electrons. The molecule has 28 heavy (non-hydrogen) atoms. The Morgan fingerprint density at radius 1 is 1.25 bits per heavy atom. The van der Waals surface area contributed by atoms with Gasteiger partial charge in [0.05, 0.1) is 6.54 Å². The van der Waals surface area contributed by atoms with Gasteiger partial charge in [0.1, 0.15) is 17.1 Å². The molecule has 2 aromatic rings. The van der Waals surface area contributed by atoms with Crippen molar-refractivity contribution in [3.8, 4) is 0 Å². The number of β-lactam (4-membered cyclic amide) rings is 1. The number of rotatable bonds is 4. The van der Waals surface area contributed by atoms with E-state index in [1.54, 1.807) is 13.0 Å². The number of thioether (sulfide) groups is 1. The van der Waals surface area contributed by atoms with Crippen LogP contribution in [-0.2, 0) is 14.4 Å². The van der Waals surface area contributed by atoms with Gasteiger partial charge in [-0.25, -0.2) is 4.79 Å². The molecule has 1 saturated heterocycles. The summed E-state index contributed by atoms with van der Waals surface area (Å²) in [5.74, 6) is -1.41. The standard InChI is InChI=1S/C20H19N3O4S/c1-11-10-28-19-17(18(25)23(19)16(11)20(26)27)22(15(24)9-21)14-7-6-12-4-2-3-5-13(12)8-14/h2-8,17,19H,9-10,21H2,1H3,(H,26,27). The number of carbonyl (C=O) groups is 3. The van der Waals surface area contributed by atoms with Gasteiger partial charge >= 0.3 is 5.97 Å². The molecule has 2 amide bonds. The fraction of sp³-hybridized carbons (Fsp3) is 0.250. The normalized spacial score (nSPS) is 21.4. The van der Waals surface area contributed by atoms with Gasteiger partial charge in [0.2, 0.25) is 5.91 Å². The molecule has 2 unspecified atom stereocenters. The Morgan fingerprint density at radius 3 is 2.64 bits per heavy atom. The third-order valence-electron chi connectivity index (χ3n) is 5.07. The van der Waals surface area contributed by atoms with E-state index in [4.69, 9.17) is 5.73 Å². The van der Waals surface area contributed by atoms with Crippen molar-refractivity contribution in [3.63, 3.8) is 0 Å². The van der Waals surface area contributed by atoms with Gasteiger partial charge in [0.15, 0.2) is 0 Å². The van der Waals surface area contributed by atoms with Crippen molar-refractivity contribution in [1.29, 1.82) is 0 Å². The average molecular weight is 397 g/mol. The summed E-state index contributed by atoms with van der Waals surface area (Å²) in [5, 5.41) is 11.0. The molecule has 0 radical (unpaired) electrons. The Morgan fingerprint density at radius 2 is 1.96 bits per heavy atom. The lowest BCUT2D eigenvalue weighted by molar-refractivity contribution is -0.149. The maximum absolute atomic E-state index is 12.9. The number of benzene rings is 2. The van der Waals surface area contributed by atoms with Crippen LogP contribution in [0.15, 0.2) is 53.7 Å². The van der Waals surface area contributed by atoms with Gasteiger partial charge < -0.3 is 10.8 Å². The fourth-order valence-corrected chi connectivity index (χ4v) is 5.08. The van der Waals surface area contributed by atoms with E-state index in [1.165, 1.54) is 21.6 Å². The zero-order chi connectivity index (χ0) is 20.0. The lowest BCUT2D eigenvalue weighted by Crippen LogP contribution is -2.72. The van der Waals surface area contributed by atoms with Crippen LogP contribution in [0.25, 0.3) is 10.8 Å². The Balaban J connectivity index is 1.74. The van der Waals surface area contributed by atoms with Crippen LogP contribution in [0.4, 0.5) is 5.69 Å². The Kier molecular flexibility index (Phi) is 4.60. The number of carbonyl (C=O) groups excluding carboxylic acids is 2. The minimum absolute atomic E-state index is 0.0173. The maximum Gasteiger partial charge on any atom is 0.352 e. The molecule has 2 aliphatic rings. The third-order valence-corrected chi connectivity index (χ3v) is 6.48. The third kappa shape index (κ3) is 2.76. The molecule has 0 aromatic heterocycles. The van der Waals surface area contributed by atoms with Gasteiger partial charge in [-0.15, -0.1) is 11.8 Å². The first-order valence-electron chi connectivity index (χ1n) is 8.82. The van der Waals surface area contributed by atoms with Crippen LogP contribution in [-0.4, -0.2) is 51.5 Å². The SMILES string of the molecule is CC1=C(C(=O)O)N2C(=O)C(N(C(=O)CN)c3ccc4ccccc4c3)C2SC1. The van der Waals surface area contributed by atoms with Crippen molar-refractivity contribution < 1.29 is 19.5 Å². The largest absolute Gasteiger partial charge is 0.477 e. The van der Waals surface area contributed by atoms with Gasteiger partial charge in [0, 0.05) is 11.4 Å². The maximum atomic E-state index is 12.9. The van der Waals surface area contributed by atoms with Crippen LogP contribution in [0.5, 0.6) is 0 Å². The number of carboxylic acids is 1. The summed E-state index contributed by atoms with van der Waals surface area (Å²) in [7, 11) is 0. The minimum atomic E-state index is -1.13. The summed E-state index contributed by atoms with van der Waals surface area (Å²) in [5.41, 5.74) is 6.86. The lowest BCUT2D eigenvalue weighted by Gasteiger charge is -2.52. The van der Waals surface area contributed by atoms with Gasteiger partial charge in [-0.2, -0.15) is 0 Å². The van der Waals surface area contributed by atoms with E-state index in [9.17, 15) is 19.5 Å². The van der Waals surface area contributed by atoms with Crippen molar-refractivity contribution in [2.45, 2.75) is 18.3 Å². The van der Waals surface area contributed by atoms with Crippen LogP contribution in [0.1, 0.15) is 6.92 Å². The number of aliphatic carboxylic acids is 1. The summed E-state index contributed by atoms with van der Waals surface area (Å²) in [6, 6.07) is 12.5. The zero-order valence-corrected chi connectivity index (χ0v) is 16.0. The number of nitrogens with zero attached hydrogens (tertiary/aromatic N) is 2. The van der Waals surface area contributed by atoms with Crippen molar-refractivity contribution in [3.05, 3.63) is 53.7 Å². The second-order valence-corrected chi connectivity index (χ2v) is 7.89. The molecule has 8 heteroatoms. The molecule has 0 aliphatic carbocycles. The predicted octanol–water partition coefficient (Wildman–Crippen LogP) is 1.77. The van der Waals surface area contributed by atoms with Crippen LogP contribution < -0.4 is 10.6 Å². The topological polar surface area (TPSA) is 104 Å². The number of anilines is 1. The molecule has 2 heterocycles. The van der Waals surface area contributed by atoms with E-state index in [0.29, 0.717) is 17.0 Å². The van der Waals surface area contributed by atoms with E-state index in [1.807, 2.05) is 36.4 Å². The Bertz CT molecular complexity index is 1040. The molecule has 4 rings (SSSR count). The van der Waals surface area contributed by atoms with E-state index >= 15 is 0 Å². The van der Waals surface area contributed by atoms with Crippen LogP contribution in [0, 0.1) is 0 Å². The van der Waals surface area contributed by atoms with E-state index in [0.717, 1.165) is 10.8 Å². The average Bonchev–Trinajstić information content (AvgIpc) is 2.70. The van der Waals surface area contributed by atoms with Crippen molar-refractivity contribution in [1.82, 2.24) is 4.90 Å². The molecule has 0 saturated carbocycles. The highest BCUT2D eigenvalue weighted by Crippen LogP contribution is 2.43. The van der Waals surface area contributed by atoms with Crippen molar-refractivity contribution in [2.75, 3.05) is 17.2 Å².